The van der Waals surface area contributed by atoms with E-state index in [1.54, 1.807) is 16.9 Å². The lowest BCUT2D eigenvalue weighted by atomic mass is 10.1. The maximum absolute atomic E-state index is 12.2. The van der Waals surface area contributed by atoms with Crippen LogP contribution in [0.1, 0.15) is 43.6 Å². The highest BCUT2D eigenvalue weighted by molar-refractivity contribution is 5.92. The quantitative estimate of drug-likeness (QED) is 0.802. The van der Waals surface area contributed by atoms with Crippen molar-refractivity contribution in [3.8, 4) is 5.69 Å². The summed E-state index contributed by atoms with van der Waals surface area (Å²) < 4.78 is 1.66. The van der Waals surface area contributed by atoms with Crippen molar-refractivity contribution in [3.63, 3.8) is 0 Å². The van der Waals surface area contributed by atoms with Crippen molar-refractivity contribution >= 4 is 11.6 Å². The van der Waals surface area contributed by atoms with Crippen LogP contribution in [0.2, 0.25) is 0 Å². The second kappa shape index (κ2) is 6.92. The van der Waals surface area contributed by atoms with Gasteiger partial charge in [-0.15, -0.1) is 0 Å². The minimum atomic E-state index is -0.127. The predicted molar refractivity (Wildman–Crippen MR) is 84.4 cm³/mol. The molecule has 0 saturated heterocycles. The summed E-state index contributed by atoms with van der Waals surface area (Å²) in [6.07, 6.45) is 4.73. The van der Waals surface area contributed by atoms with Crippen molar-refractivity contribution in [1.29, 1.82) is 0 Å². The first-order chi connectivity index (χ1) is 10.1. The van der Waals surface area contributed by atoms with Gasteiger partial charge in [0.2, 0.25) is 0 Å². The Labute approximate surface area is 125 Å². The molecule has 1 amide bonds. The molecule has 1 aromatic carbocycles. The summed E-state index contributed by atoms with van der Waals surface area (Å²) in [7, 11) is 0. The van der Waals surface area contributed by atoms with Gasteiger partial charge in [0.05, 0.1) is 5.69 Å². The molecule has 0 saturated carbocycles. The maximum Gasteiger partial charge on any atom is 0.272 e. The largest absolute Gasteiger partial charge is 0.399 e. The molecule has 0 spiro atoms. The smallest absolute Gasteiger partial charge is 0.272 e. The van der Waals surface area contributed by atoms with Crippen LogP contribution in [0.4, 0.5) is 5.69 Å². The fraction of sp³-hybridized carbons (Fsp3) is 0.375. The Morgan fingerprint density at radius 1 is 1.38 bits per heavy atom. The first-order valence-corrected chi connectivity index (χ1v) is 7.36. The molecule has 5 nitrogen and oxygen atoms in total. The number of nitrogens with one attached hydrogen (secondary N) is 1. The molecule has 5 heteroatoms. The van der Waals surface area contributed by atoms with Gasteiger partial charge in [0.15, 0.2) is 5.69 Å². The van der Waals surface area contributed by atoms with Crippen LogP contribution in [-0.4, -0.2) is 21.7 Å². The van der Waals surface area contributed by atoms with Crippen LogP contribution in [0.25, 0.3) is 5.69 Å². The number of carbonyl (C=O) groups is 1. The predicted octanol–water partition coefficient (Wildman–Crippen LogP) is 2.76. The zero-order chi connectivity index (χ0) is 15.2. The molecule has 112 valence electrons. The third kappa shape index (κ3) is 3.84. The normalized spacial score (nSPS) is 12.1. The molecule has 2 aromatic rings. The fourth-order valence-corrected chi connectivity index (χ4v) is 2.24. The first-order valence-electron chi connectivity index (χ1n) is 7.36. The highest BCUT2D eigenvalue weighted by Gasteiger charge is 2.14. The highest BCUT2D eigenvalue weighted by Crippen LogP contribution is 2.12. The lowest BCUT2D eigenvalue weighted by Crippen LogP contribution is -2.34. The molecule has 0 radical (unpaired) electrons. The number of amides is 1. The number of hydrogen-bond acceptors (Lipinski definition) is 3. The van der Waals surface area contributed by atoms with Gasteiger partial charge in [0, 0.05) is 17.9 Å². The molecule has 0 aliphatic carbocycles. The van der Waals surface area contributed by atoms with Gasteiger partial charge in [-0.2, -0.15) is 5.10 Å². The molecule has 0 bridgehead atoms. The van der Waals surface area contributed by atoms with Crippen LogP contribution < -0.4 is 11.1 Å². The van der Waals surface area contributed by atoms with E-state index in [1.807, 2.05) is 24.3 Å². The van der Waals surface area contributed by atoms with Crippen LogP contribution >= 0.6 is 0 Å². The summed E-state index contributed by atoms with van der Waals surface area (Å²) in [6.45, 7) is 4.19. The maximum atomic E-state index is 12.2. The van der Waals surface area contributed by atoms with E-state index in [2.05, 4.69) is 24.3 Å². The van der Waals surface area contributed by atoms with E-state index < -0.39 is 0 Å². The molecule has 0 fully saturated rings. The van der Waals surface area contributed by atoms with Gasteiger partial charge in [-0.05, 0) is 37.1 Å². The fourth-order valence-electron chi connectivity index (χ4n) is 2.24. The van der Waals surface area contributed by atoms with E-state index in [0.717, 1.165) is 24.9 Å². The van der Waals surface area contributed by atoms with Crippen molar-refractivity contribution in [1.82, 2.24) is 15.1 Å². The molecule has 1 aromatic heterocycles. The SMILES string of the molecule is CCCC(CC)NC(=O)c1ccn(-c2cccc(N)c2)n1. The number of carbonyl (C=O) groups excluding carboxylic acids is 1. The summed E-state index contributed by atoms with van der Waals surface area (Å²) in [5.41, 5.74) is 7.69. The Bertz CT molecular complexity index is 606. The molecule has 0 aliphatic rings. The molecule has 0 aliphatic heterocycles. The van der Waals surface area contributed by atoms with Crippen molar-refractivity contribution in [2.24, 2.45) is 0 Å². The number of anilines is 1. The Balaban J connectivity index is 2.10. The van der Waals surface area contributed by atoms with E-state index in [1.165, 1.54) is 0 Å². The number of nitrogens with two attached hydrogens (primary N) is 1. The summed E-state index contributed by atoms with van der Waals surface area (Å²) >= 11 is 0. The average molecular weight is 286 g/mol. The van der Waals surface area contributed by atoms with Gasteiger partial charge < -0.3 is 11.1 Å². The van der Waals surface area contributed by atoms with Crippen LogP contribution in [-0.2, 0) is 0 Å². The van der Waals surface area contributed by atoms with Crippen molar-refractivity contribution < 1.29 is 4.79 Å². The Morgan fingerprint density at radius 2 is 2.19 bits per heavy atom. The molecule has 1 heterocycles. The summed E-state index contributed by atoms with van der Waals surface area (Å²) in [6, 6.07) is 9.33. The topological polar surface area (TPSA) is 72.9 Å². The van der Waals surface area contributed by atoms with Gasteiger partial charge in [-0.1, -0.05) is 26.3 Å². The van der Waals surface area contributed by atoms with Gasteiger partial charge in [-0.25, -0.2) is 4.68 Å². The molecule has 21 heavy (non-hydrogen) atoms. The Kier molecular flexibility index (Phi) is 4.98. The van der Waals surface area contributed by atoms with E-state index in [9.17, 15) is 4.79 Å². The molecular formula is C16H22N4O. The third-order valence-corrected chi connectivity index (χ3v) is 3.42. The van der Waals surface area contributed by atoms with Gasteiger partial charge in [0.1, 0.15) is 0 Å². The standard InChI is InChI=1S/C16H22N4O/c1-3-6-13(4-2)18-16(21)15-9-10-20(19-15)14-8-5-7-12(17)11-14/h5,7-11,13H,3-4,6,17H2,1-2H3,(H,18,21). The van der Waals surface area contributed by atoms with Crippen molar-refractivity contribution in [2.45, 2.75) is 39.2 Å². The van der Waals surface area contributed by atoms with Crippen LogP contribution in [0, 0.1) is 0 Å². The van der Waals surface area contributed by atoms with Gasteiger partial charge >= 0.3 is 0 Å². The minimum absolute atomic E-state index is 0.127. The third-order valence-electron chi connectivity index (χ3n) is 3.42. The zero-order valence-corrected chi connectivity index (χ0v) is 12.5. The number of rotatable bonds is 6. The second-order valence-corrected chi connectivity index (χ2v) is 5.11. The Hall–Kier alpha value is -2.30. The number of nitrogens with zero attached hydrogens (tertiary/aromatic N) is 2. The van der Waals surface area contributed by atoms with E-state index in [0.29, 0.717) is 11.4 Å². The molecule has 1 atom stereocenters. The number of hydrogen-bond donors (Lipinski definition) is 2. The summed E-state index contributed by atoms with van der Waals surface area (Å²) in [5.74, 6) is -0.127. The van der Waals surface area contributed by atoms with E-state index >= 15 is 0 Å². The van der Waals surface area contributed by atoms with E-state index in [4.69, 9.17) is 5.73 Å². The van der Waals surface area contributed by atoms with Crippen molar-refractivity contribution in [3.05, 3.63) is 42.2 Å². The average Bonchev–Trinajstić information content (AvgIpc) is 2.96. The zero-order valence-electron chi connectivity index (χ0n) is 12.5. The number of aromatic nitrogens is 2. The number of benzene rings is 1. The van der Waals surface area contributed by atoms with Gasteiger partial charge in [0.25, 0.3) is 5.91 Å². The molecular weight excluding hydrogens is 264 g/mol. The van der Waals surface area contributed by atoms with Crippen LogP contribution in [0.5, 0.6) is 0 Å². The number of nitrogen functional groups attached to an aromatic ring is 1. The monoisotopic (exact) mass is 286 g/mol. The van der Waals surface area contributed by atoms with Crippen LogP contribution in [0.15, 0.2) is 36.5 Å². The lowest BCUT2D eigenvalue weighted by molar-refractivity contribution is 0.0928. The first kappa shape index (κ1) is 15.1. The molecule has 3 N–H and O–H groups in total. The molecule has 1 unspecified atom stereocenters. The lowest BCUT2D eigenvalue weighted by Gasteiger charge is -2.14. The van der Waals surface area contributed by atoms with Gasteiger partial charge in [-0.3, -0.25) is 4.79 Å². The van der Waals surface area contributed by atoms with Crippen LogP contribution in [0.3, 0.4) is 0 Å². The van der Waals surface area contributed by atoms with E-state index in [-0.39, 0.29) is 11.9 Å². The molecule has 2 rings (SSSR count). The Morgan fingerprint density at radius 3 is 2.86 bits per heavy atom. The van der Waals surface area contributed by atoms with Crippen molar-refractivity contribution in [2.75, 3.05) is 5.73 Å². The second-order valence-electron chi connectivity index (χ2n) is 5.11. The summed E-state index contributed by atoms with van der Waals surface area (Å²) in [4.78, 5) is 12.2. The minimum Gasteiger partial charge on any atom is -0.399 e. The summed E-state index contributed by atoms with van der Waals surface area (Å²) in [5, 5.41) is 7.34. The highest BCUT2D eigenvalue weighted by atomic mass is 16.2.